The van der Waals surface area contributed by atoms with Gasteiger partial charge >= 0.3 is 5.97 Å². The lowest BCUT2D eigenvalue weighted by Crippen LogP contribution is -2.21. The van der Waals surface area contributed by atoms with Gasteiger partial charge in [0.05, 0.1) is 5.56 Å². The van der Waals surface area contributed by atoms with Gasteiger partial charge < -0.3 is 10.1 Å². The van der Waals surface area contributed by atoms with Crippen molar-refractivity contribution in [2.75, 3.05) is 5.32 Å². The standard InChI is InChI=1S/C21H22ClNO3/c1-14-7-8-16(13-19(14)22)20(24)23-17-11-9-15(10-12-17)21(25)26-18-5-3-2-4-6-18/h7-13,18H,2-6H2,1H3,(H,23,24). The number of esters is 1. The van der Waals surface area contributed by atoms with E-state index in [-0.39, 0.29) is 18.0 Å². The van der Waals surface area contributed by atoms with Gasteiger partial charge in [0.2, 0.25) is 0 Å². The Morgan fingerprint density at radius 1 is 1.00 bits per heavy atom. The molecule has 136 valence electrons. The Kier molecular flexibility index (Phi) is 5.94. The Morgan fingerprint density at radius 3 is 2.31 bits per heavy atom. The van der Waals surface area contributed by atoms with Crippen molar-refractivity contribution < 1.29 is 14.3 Å². The van der Waals surface area contributed by atoms with Gasteiger partial charge in [-0.2, -0.15) is 0 Å². The van der Waals surface area contributed by atoms with Crippen LogP contribution < -0.4 is 5.32 Å². The van der Waals surface area contributed by atoms with Gasteiger partial charge in [-0.25, -0.2) is 4.79 Å². The molecular weight excluding hydrogens is 350 g/mol. The number of hydrogen-bond acceptors (Lipinski definition) is 3. The molecule has 2 aromatic carbocycles. The minimum absolute atomic E-state index is 0.0296. The van der Waals surface area contributed by atoms with Crippen LogP contribution in [-0.4, -0.2) is 18.0 Å². The van der Waals surface area contributed by atoms with Gasteiger partial charge in [0.1, 0.15) is 6.10 Å². The molecule has 0 aromatic heterocycles. The van der Waals surface area contributed by atoms with E-state index in [2.05, 4.69) is 5.32 Å². The molecule has 4 nitrogen and oxygen atoms in total. The number of amides is 1. The SMILES string of the molecule is Cc1ccc(C(=O)Nc2ccc(C(=O)OC3CCCCC3)cc2)cc1Cl. The van der Waals surface area contributed by atoms with Gasteiger partial charge in [-0.05, 0) is 74.6 Å². The van der Waals surface area contributed by atoms with Crippen molar-refractivity contribution in [2.45, 2.75) is 45.1 Å². The predicted octanol–water partition coefficient (Wildman–Crippen LogP) is 5.39. The largest absolute Gasteiger partial charge is 0.459 e. The van der Waals surface area contributed by atoms with Crippen LogP contribution in [0.1, 0.15) is 58.4 Å². The number of halogens is 1. The molecule has 1 aliphatic carbocycles. The van der Waals surface area contributed by atoms with Crippen LogP contribution >= 0.6 is 11.6 Å². The van der Waals surface area contributed by atoms with Gasteiger partial charge in [-0.3, -0.25) is 4.79 Å². The Labute approximate surface area is 158 Å². The van der Waals surface area contributed by atoms with Crippen molar-refractivity contribution in [2.24, 2.45) is 0 Å². The van der Waals surface area contributed by atoms with E-state index in [0.717, 1.165) is 31.2 Å². The number of benzene rings is 2. The van der Waals surface area contributed by atoms with Crippen molar-refractivity contribution in [3.8, 4) is 0 Å². The van der Waals surface area contributed by atoms with Crippen LogP contribution in [0, 0.1) is 6.92 Å². The molecule has 0 heterocycles. The molecule has 0 unspecified atom stereocenters. The van der Waals surface area contributed by atoms with Crippen molar-refractivity contribution in [1.29, 1.82) is 0 Å². The third kappa shape index (κ3) is 4.64. The zero-order valence-corrected chi connectivity index (χ0v) is 15.5. The Morgan fingerprint density at radius 2 is 1.65 bits per heavy atom. The van der Waals surface area contributed by atoms with Gasteiger partial charge in [0, 0.05) is 16.3 Å². The first-order chi connectivity index (χ1) is 12.5. The number of aryl methyl sites for hydroxylation is 1. The van der Waals surface area contributed by atoms with Gasteiger partial charge in [-0.15, -0.1) is 0 Å². The molecule has 0 atom stereocenters. The van der Waals surface area contributed by atoms with Crippen molar-refractivity contribution in [3.05, 3.63) is 64.2 Å². The number of hydrogen-bond donors (Lipinski definition) is 1. The summed E-state index contributed by atoms with van der Waals surface area (Å²) in [4.78, 5) is 24.5. The molecule has 1 aliphatic rings. The van der Waals surface area contributed by atoms with Crippen LogP contribution in [0.5, 0.6) is 0 Å². The molecule has 1 amide bonds. The predicted molar refractivity (Wildman–Crippen MR) is 103 cm³/mol. The third-order valence-electron chi connectivity index (χ3n) is 4.64. The van der Waals surface area contributed by atoms with E-state index in [1.165, 1.54) is 6.42 Å². The first-order valence-electron chi connectivity index (χ1n) is 8.91. The van der Waals surface area contributed by atoms with Crippen LogP contribution in [-0.2, 0) is 4.74 Å². The lowest BCUT2D eigenvalue weighted by Gasteiger charge is -2.21. The fraction of sp³-hybridized carbons (Fsp3) is 0.333. The minimum Gasteiger partial charge on any atom is -0.459 e. The summed E-state index contributed by atoms with van der Waals surface area (Å²) in [6.45, 7) is 1.88. The molecule has 3 rings (SSSR count). The third-order valence-corrected chi connectivity index (χ3v) is 5.05. The summed E-state index contributed by atoms with van der Waals surface area (Å²) in [7, 11) is 0. The normalized spacial score (nSPS) is 14.7. The summed E-state index contributed by atoms with van der Waals surface area (Å²) < 4.78 is 5.55. The molecule has 0 spiro atoms. The summed E-state index contributed by atoms with van der Waals surface area (Å²) in [5.41, 5.74) is 2.51. The van der Waals surface area contributed by atoms with Crippen LogP contribution in [0.3, 0.4) is 0 Å². The van der Waals surface area contributed by atoms with Gasteiger partial charge in [0.15, 0.2) is 0 Å². The second kappa shape index (κ2) is 8.37. The quantitative estimate of drug-likeness (QED) is 0.733. The molecule has 0 aliphatic heterocycles. The van der Waals surface area contributed by atoms with E-state index in [9.17, 15) is 9.59 Å². The molecular formula is C21H22ClNO3. The molecule has 26 heavy (non-hydrogen) atoms. The number of nitrogens with one attached hydrogen (secondary N) is 1. The van der Waals surface area contributed by atoms with Crippen LogP contribution in [0.25, 0.3) is 0 Å². The second-order valence-electron chi connectivity index (χ2n) is 6.66. The monoisotopic (exact) mass is 371 g/mol. The summed E-state index contributed by atoms with van der Waals surface area (Å²) >= 11 is 6.07. The van der Waals surface area contributed by atoms with E-state index in [1.807, 2.05) is 13.0 Å². The van der Waals surface area contributed by atoms with E-state index in [1.54, 1.807) is 36.4 Å². The average Bonchev–Trinajstić information content (AvgIpc) is 2.65. The fourth-order valence-corrected chi connectivity index (χ4v) is 3.21. The summed E-state index contributed by atoms with van der Waals surface area (Å²) in [6, 6.07) is 11.9. The van der Waals surface area contributed by atoms with E-state index >= 15 is 0 Å². The van der Waals surface area contributed by atoms with Crippen LogP contribution in [0.15, 0.2) is 42.5 Å². The van der Waals surface area contributed by atoms with Crippen LogP contribution in [0.4, 0.5) is 5.69 Å². The molecule has 0 bridgehead atoms. The summed E-state index contributed by atoms with van der Waals surface area (Å²) in [6.07, 6.45) is 5.37. The lowest BCUT2D eigenvalue weighted by molar-refractivity contribution is 0.0211. The minimum atomic E-state index is -0.305. The maximum Gasteiger partial charge on any atom is 0.338 e. The highest BCUT2D eigenvalue weighted by Gasteiger charge is 2.18. The van der Waals surface area contributed by atoms with E-state index in [0.29, 0.717) is 21.8 Å². The smallest absolute Gasteiger partial charge is 0.338 e. The Balaban J connectivity index is 1.60. The van der Waals surface area contributed by atoms with Crippen LogP contribution in [0.2, 0.25) is 5.02 Å². The summed E-state index contributed by atoms with van der Waals surface area (Å²) in [5.74, 6) is -0.551. The first kappa shape index (κ1) is 18.5. The van der Waals surface area contributed by atoms with Gasteiger partial charge in [-0.1, -0.05) is 24.1 Å². The molecule has 2 aromatic rings. The zero-order chi connectivity index (χ0) is 18.5. The number of anilines is 1. The average molecular weight is 372 g/mol. The highest BCUT2D eigenvalue weighted by Crippen LogP contribution is 2.22. The number of ether oxygens (including phenoxy) is 1. The molecule has 1 fully saturated rings. The zero-order valence-electron chi connectivity index (χ0n) is 14.8. The maximum atomic E-state index is 12.3. The molecule has 1 saturated carbocycles. The van der Waals surface area contributed by atoms with Gasteiger partial charge in [0.25, 0.3) is 5.91 Å². The Bertz CT molecular complexity index is 795. The van der Waals surface area contributed by atoms with Crippen molar-refractivity contribution in [1.82, 2.24) is 0 Å². The molecule has 0 saturated heterocycles. The maximum absolute atomic E-state index is 12.3. The summed E-state index contributed by atoms with van der Waals surface area (Å²) in [5, 5.41) is 3.36. The first-order valence-corrected chi connectivity index (χ1v) is 9.29. The van der Waals surface area contributed by atoms with Crippen molar-refractivity contribution >= 4 is 29.2 Å². The van der Waals surface area contributed by atoms with E-state index in [4.69, 9.17) is 16.3 Å². The molecule has 0 radical (unpaired) electrons. The number of carbonyl (C=O) groups excluding carboxylic acids is 2. The lowest BCUT2D eigenvalue weighted by atomic mass is 9.98. The number of rotatable bonds is 4. The van der Waals surface area contributed by atoms with Crippen molar-refractivity contribution in [3.63, 3.8) is 0 Å². The highest BCUT2D eigenvalue weighted by molar-refractivity contribution is 6.31. The number of carbonyl (C=O) groups is 2. The molecule has 1 N–H and O–H groups in total. The second-order valence-corrected chi connectivity index (χ2v) is 7.07. The highest BCUT2D eigenvalue weighted by atomic mass is 35.5. The topological polar surface area (TPSA) is 55.4 Å². The fourth-order valence-electron chi connectivity index (χ4n) is 3.03. The van der Waals surface area contributed by atoms with E-state index < -0.39 is 0 Å². The molecule has 5 heteroatoms. The Hall–Kier alpha value is -2.33.